The van der Waals surface area contributed by atoms with Crippen molar-refractivity contribution < 1.29 is 14.7 Å². The number of carboxylic acids is 1. The number of benzene rings is 1. The summed E-state index contributed by atoms with van der Waals surface area (Å²) >= 11 is 2.92. The zero-order valence-electron chi connectivity index (χ0n) is 9.23. The number of hydrogen-bond donors (Lipinski definition) is 2. The lowest BCUT2D eigenvalue weighted by Gasteiger charge is -2.16. The Balaban J connectivity index is 2.43. The van der Waals surface area contributed by atoms with Crippen LogP contribution < -0.4 is 5.73 Å². The molecule has 0 saturated carbocycles. The van der Waals surface area contributed by atoms with E-state index in [2.05, 4.69) is 15.9 Å². The number of carboxylic acid groups (broad SMARTS) is 1. The zero-order chi connectivity index (χ0) is 12.9. The minimum absolute atomic E-state index is 0.000659. The molecule has 17 heavy (non-hydrogen) atoms. The van der Waals surface area contributed by atoms with Gasteiger partial charge in [-0.05, 0) is 12.8 Å². The number of nitrogens with two attached hydrogens (primary N) is 1. The van der Waals surface area contributed by atoms with Crippen LogP contribution in [0.3, 0.4) is 0 Å². The Bertz CT molecular complexity index is 403. The Labute approximate surface area is 108 Å². The molecule has 0 spiro atoms. The molecule has 0 radical (unpaired) electrons. The van der Waals surface area contributed by atoms with E-state index in [1.165, 1.54) is 0 Å². The lowest BCUT2D eigenvalue weighted by Crippen LogP contribution is -2.41. The molecule has 0 heterocycles. The third kappa shape index (κ3) is 4.28. The topological polar surface area (TPSA) is 80.4 Å². The molecule has 0 fully saturated rings. The molecule has 3 N–H and O–H groups in total. The summed E-state index contributed by atoms with van der Waals surface area (Å²) in [6, 6.07) is 8.90. The fourth-order valence-electron chi connectivity index (χ4n) is 1.38. The van der Waals surface area contributed by atoms with Crippen LogP contribution >= 0.6 is 15.9 Å². The molecule has 1 aromatic carbocycles. The van der Waals surface area contributed by atoms with Gasteiger partial charge in [0.1, 0.15) is 0 Å². The second-order valence-electron chi connectivity index (χ2n) is 3.81. The maximum Gasteiger partial charge on any atom is 0.334 e. The minimum atomic E-state index is -1.44. The summed E-state index contributed by atoms with van der Waals surface area (Å²) in [5.41, 5.74) is 6.13. The summed E-state index contributed by atoms with van der Waals surface area (Å²) < 4.78 is -1.44. The van der Waals surface area contributed by atoms with E-state index >= 15 is 0 Å². The van der Waals surface area contributed by atoms with Crippen molar-refractivity contribution in [3.63, 3.8) is 0 Å². The first-order valence-electron chi connectivity index (χ1n) is 5.23. The van der Waals surface area contributed by atoms with Crippen molar-refractivity contribution in [3.05, 3.63) is 35.9 Å². The largest absolute Gasteiger partial charge is 0.479 e. The highest BCUT2D eigenvalue weighted by molar-refractivity contribution is 9.10. The molecular formula is C12H14BrNO3. The highest BCUT2D eigenvalue weighted by atomic mass is 79.9. The van der Waals surface area contributed by atoms with Gasteiger partial charge < -0.3 is 10.8 Å². The Morgan fingerprint density at radius 3 is 2.41 bits per heavy atom. The number of carbonyl (C=O) groups is 2. The van der Waals surface area contributed by atoms with Gasteiger partial charge in [-0.2, -0.15) is 0 Å². The lowest BCUT2D eigenvalue weighted by molar-refractivity contribution is -0.139. The van der Waals surface area contributed by atoms with Crippen molar-refractivity contribution >= 4 is 27.7 Å². The summed E-state index contributed by atoms with van der Waals surface area (Å²) in [7, 11) is 0. The van der Waals surface area contributed by atoms with Crippen LogP contribution in [0.25, 0.3) is 0 Å². The van der Waals surface area contributed by atoms with E-state index in [9.17, 15) is 9.59 Å². The molecule has 92 valence electrons. The van der Waals surface area contributed by atoms with Crippen molar-refractivity contribution in [2.45, 2.75) is 23.7 Å². The molecule has 0 aliphatic carbocycles. The summed E-state index contributed by atoms with van der Waals surface area (Å²) in [5, 5.41) is 8.77. The molecule has 0 bridgehead atoms. The van der Waals surface area contributed by atoms with Crippen molar-refractivity contribution in [2.24, 2.45) is 5.73 Å². The van der Waals surface area contributed by atoms with Crippen LogP contribution in [0.2, 0.25) is 0 Å². The summed E-state index contributed by atoms with van der Waals surface area (Å²) in [6.07, 6.45) is 0.935. The van der Waals surface area contributed by atoms with Crippen molar-refractivity contribution in [2.75, 3.05) is 0 Å². The summed E-state index contributed by atoms with van der Waals surface area (Å²) in [4.78, 5) is 22.4. The van der Waals surface area contributed by atoms with Crippen LogP contribution in [0.15, 0.2) is 30.3 Å². The van der Waals surface area contributed by atoms with Crippen LogP contribution in [0.1, 0.15) is 29.6 Å². The molecular weight excluding hydrogens is 286 g/mol. The number of carbonyl (C=O) groups excluding carboxylic acids is 1. The SMILES string of the molecule is NC(Br)(CCCC(=O)c1ccccc1)C(=O)O. The van der Waals surface area contributed by atoms with Crippen LogP contribution in [-0.2, 0) is 4.79 Å². The molecule has 0 aromatic heterocycles. The number of hydrogen-bond acceptors (Lipinski definition) is 3. The fraction of sp³-hybridized carbons (Fsp3) is 0.333. The third-order valence-corrected chi connectivity index (χ3v) is 3.13. The van der Waals surface area contributed by atoms with Gasteiger partial charge in [0.15, 0.2) is 10.2 Å². The Kier molecular flexibility index (Phi) is 4.84. The smallest absolute Gasteiger partial charge is 0.334 e. The molecule has 1 aromatic rings. The molecule has 1 rings (SSSR count). The molecule has 1 atom stereocenters. The summed E-state index contributed by atoms with van der Waals surface area (Å²) in [6.45, 7) is 0. The molecule has 0 saturated heterocycles. The van der Waals surface area contributed by atoms with E-state index in [1.54, 1.807) is 24.3 Å². The number of ketones is 1. The van der Waals surface area contributed by atoms with Gasteiger partial charge in [-0.1, -0.05) is 46.3 Å². The van der Waals surface area contributed by atoms with Crippen molar-refractivity contribution in [1.82, 2.24) is 0 Å². The zero-order valence-corrected chi connectivity index (χ0v) is 10.8. The minimum Gasteiger partial charge on any atom is -0.479 e. The van der Waals surface area contributed by atoms with Crippen LogP contribution in [0.5, 0.6) is 0 Å². The molecule has 4 nitrogen and oxygen atoms in total. The lowest BCUT2D eigenvalue weighted by atomic mass is 10.0. The van der Waals surface area contributed by atoms with Crippen molar-refractivity contribution in [3.8, 4) is 0 Å². The number of alkyl halides is 1. The van der Waals surface area contributed by atoms with E-state index in [0.717, 1.165) is 0 Å². The monoisotopic (exact) mass is 299 g/mol. The van der Waals surface area contributed by atoms with E-state index < -0.39 is 10.4 Å². The van der Waals surface area contributed by atoms with Gasteiger partial charge in [0.25, 0.3) is 0 Å². The predicted molar refractivity (Wildman–Crippen MR) is 68.1 cm³/mol. The van der Waals surface area contributed by atoms with Crippen molar-refractivity contribution in [1.29, 1.82) is 0 Å². The second kappa shape index (κ2) is 5.93. The van der Waals surface area contributed by atoms with E-state index in [0.29, 0.717) is 18.4 Å². The number of Topliss-reactive ketones (excluding diaryl/α,β-unsaturated/α-hetero) is 1. The molecule has 1 unspecified atom stereocenters. The molecule has 0 aliphatic heterocycles. The highest BCUT2D eigenvalue weighted by Gasteiger charge is 2.29. The molecule has 0 aliphatic rings. The van der Waals surface area contributed by atoms with Gasteiger partial charge in [0.2, 0.25) is 0 Å². The second-order valence-corrected chi connectivity index (χ2v) is 5.23. The number of rotatable bonds is 6. The first-order chi connectivity index (χ1) is 7.93. The summed E-state index contributed by atoms with van der Waals surface area (Å²) in [5.74, 6) is -1.12. The van der Waals surface area contributed by atoms with E-state index in [-0.39, 0.29) is 12.2 Å². The first kappa shape index (κ1) is 13.9. The predicted octanol–water partition coefficient (Wildman–Crippen LogP) is 2.17. The highest BCUT2D eigenvalue weighted by Crippen LogP contribution is 2.19. The molecule has 5 heteroatoms. The first-order valence-corrected chi connectivity index (χ1v) is 6.02. The van der Waals surface area contributed by atoms with E-state index in [4.69, 9.17) is 10.8 Å². The van der Waals surface area contributed by atoms with Crippen LogP contribution in [-0.4, -0.2) is 21.3 Å². The van der Waals surface area contributed by atoms with Gasteiger partial charge in [0, 0.05) is 12.0 Å². The Morgan fingerprint density at radius 2 is 1.88 bits per heavy atom. The standard InChI is InChI=1S/C12H14BrNO3/c13-12(14,11(16)17)8-4-7-10(15)9-5-2-1-3-6-9/h1-3,5-6H,4,7-8,14H2,(H,16,17). The van der Waals surface area contributed by atoms with Crippen LogP contribution in [0, 0.1) is 0 Å². The van der Waals surface area contributed by atoms with Gasteiger partial charge >= 0.3 is 5.97 Å². The van der Waals surface area contributed by atoms with Gasteiger partial charge in [0.05, 0.1) is 0 Å². The van der Waals surface area contributed by atoms with Gasteiger partial charge in [-0.15, -0.1) is 0 Å². The quantitative estimate of drug-likeness (QED) is 0.479. The average molecular weight is 300 g/mol. The van der Waals surface area contributed by atoms with Gasteiger partial charge in [-0.25, -0.2) is 4.79 Å². The average Bonchev–Trinajstić information content (AvgIpc) is 2.29. The maximum atomic E-state index is 11.7. The number of aliphatic carboxylic acids is 1. The third-order valence-electron chi connectivity index (χ3n) is 2.40. The Hall–Kier alpha value is -1.20. The van der Waals surface area contributed by atoms with E-state index in [1.807, 2.05) is 6.07 Å². The Morgan fingerprint density at radius 1 is 1.29 bits per heavy atom. The normalized spacial score (nSPS) is 14.0. The maximum absolute atomic E-state index is 11.7. The molecule has 0 amide bonds. The fourth-order valence-corrected chi connectivity index (χ4v) is 1.66. The van der Waals surface area contributed by atoms with Crippen LogP contribution in [0.4, 0.5) is 0 Å². The number of halogens is 1. The van der Waals surface area contributed by atoms with Gasteiger partial charge in [-0.3, -0.25) is 4.79 Å².